The van der Waals surface area contributed by atoms with Crippen LogP contribution >= 0.6 is 11.6 Å². The molecule has 6 heteroatoms. The molecule has 0 radical (unpaired) electrons. The minimum atomic E-state index is -0.445. The Morgan fingerprint density at radius 3 is 2.77 bits per heavy atom. The van der Waals surface area contributed by atoms with Crippen LogP contribution in [0.4, 0.5) is 0 Å². The molecule has 1 aromatic carbocycles. The number of carbonyl (C=O) groups is 1. The Balaban J connectivity index is 1.48. The van der Waals surface area contributed by atoms with Crippen molar-refractivity contribution in [2.45, 2.75) is 25.0 Å². The van der Waals surface area contributed by atoms with E-state index >= 15 is 0 Å². The number of nitrogens with zero attached hydrogens (tertiary/aromatic N) is 1. The summed E-state index contributed by atoms with van der Waals surface area (Å²) in [5.74, 6) is 0.808. The highest BCUT2D eigenvalue weighted by Crippen LogP contribution is 2.22. The molecule has 2 aliphatic rings. The lowest BCUT2D eigenvalue weighted by Gasteiger charge is -2.35. The summed E-state index contributed by atoms with van der Waals surface area (Å²) in [6, 6.07) is 7.40. The second-order valence-electron chi connectivity index (χ2n) is 5.53. The van der Waals surface area contributed by atoms with Crippen LogP contribution in [0.3, 0.4) is 0 Å². The predicted molar refractivity (Wildman–Crippen MR) is 82.2 cm³/mol. The number of likely N-dealkylation sites (tertiary alicyclic amines) is 1. The molecule has 0 unspecified atom stereocenters. The number of hydrogen-bond donors (Lipinski definition) is 0. The monoisotopic (exact) mass is 325 g/mol. The molecule has 22 heavy (non-hydrogen) atoms. The Bertz CT molecular complexity index is 511. The van der Waals surface area contributed by atoms with E-state index in [0.29, 0.717) is 37.9 Å². The van der Waals surface area contributed by atoms with Crippen LogP contribution in [0.2, 0.25) is 5.02 Å². The van der Waals surface area contributed by atoms with Gasteiger partial charge in [-0.2, -0.15) is 0 Å². The quantitative estimate of drug-likeness (QED) is 0.854. The van der Waals surface area contributed by atoms with Crippen LogP contribution in [0.1, 0.15) is 12.8 Å². The molecule has 1 aromatic rings. The average Bonchev–Trinajstić information content (AvgIpc) is 2.56. The first-order valence-electron chi connectivity index (χ1n) is 7.63. The largest absolute Gasteiger partial charge is 0.490 e. The van der Waals surface area contributed by atoms with Gasteiger partial charge in [0.2, 0.25) is 0 Å². The molecule has 2 saturated heterocycles. The van der Waals surface area contributed by atoms with E-state index in [0.717, 1.165) is 18.6 Å². The summed E-state index contributed by atoms with van der Waals surface area (Å²) in [6.45, 7) is 2.79. The van der Waals surface area contributed by atoms with Gasteiger partial charge in [0.1, 0.15) is 11.9 Å². The third-order valence-corrected chi connectivity index (χ3v) is 4.18. The Kier molecular flexibility index (Phi) is 5.18. The third kappa shape index (κ3) is 3.91. The maximum absolute atomic E-state index is 12.3. The van der Waals surface area contributed by atoms with Crippen LogP contribution in [-0.4, -0.2) is 55.9 Å². The number of piperidine rings is 1. The second-order valence-corrected chi connectivity index (χ2v) is 5.97. The lowest BCUT2D eigenvalue weighted by atomic mass is 10.1. The van der Waals surface area contributed by atoms with Gasteiger partial charge in [0, 0.05) is 31.0 Å². The van der Waals surface area contributed by atoms with Crippen LogP contribution < -0.4 is 4.74 Å². The summed E-state index contributed by atoms with van der Waals surface area (Å²) in [5.41, 5.74) is 0. The fraction of sp³-hybridized carbons (Fsp3) is 0.562. The van der Waals surface area contributed by atoms with E-state index in [9.17, 15) is 4.79 Å². The van der Waals surface area contributed by atoms with Crippen molar-refractivity contribution in [1.29, 1.82) is 0 Å². The highest BCUT2D eigenvalue weighted by molar-refractivity contribution is 6.30. The molecule has 1 atom stereocenters. The van der Waals surface area contributed by atoms with Gasteiger partial charge in [-0.25, -0.2) is 0 Å². The maximum Gasteiger partial charge on any atom is 0.254 e. The Morgan fingerprint density at radius 1 is 1.27 bits per heavy atom. The number of amides is 1. The van der Waals surface area contributed by atoms with E-state index in [2.05, 4.69) is 0 Å². The molecule has 2 fully saturated rings. The van der Waals surface area contributed by atoms with Gasteiger partial charge >= 0.3 is 0 Å². The molecule has 2 aliphatic heterocycles. The highest BCUT2D eigenvalue weighted by atomic mass is 35.5. The minimum Gasteiger partial charge on any atom is -0.490 e. The van der Waals surface area contributed by atoms with Gasteiger partial charge in [0.15, 0.2) is 6.10 Å². The smallest absolute Gasteiger partial charge is 0.254 e. The number of benzene rings is 1. The van der Waals surface area contributed by atoms with Gasteiger partial charge in [0.05, 0.1) is 19.8 Å². The third-order valence-electron chi connectivity index (χ3n) is 3.94. The summed E-state index contributed by atoms with van der Waals surface area (Å²) >= 11 is 5.95. The van der Waals surface area contributed by atoms with Crippen LogP contribution in [-0.2, 0) is 14.3 Å². The second kappa shape index (κ2) is 7.31. The lowest BCUT2D eigenvalue weighted by molar-refractivity contribution is -0.159. The van der Waals surface area contributed by atoms with E-state index in [4.69, 9.17) is 25.8 Å². The van der Waals surface area contributed by atoms with Crippen LogP contribution in [0, 0.1) is 0 Å². The molecular formula is C16H20ClNO4. The Hall–Kier alpha value is -1.30. The zero-order chi connectivity index (χ0) is 15.4. The van der Waals surface area contributed by atoms with Crippen molar-refractivity contribution >= 4 is 17.5 Å². The highest BCUT2D eigenvalue weighted by Gasteiger charge is 2.30. The van der Waals surface area contributed by atoms with E-state index in [1.165, 1.54) is 0 Å². The zero-order valence-electron chi connectivity index (χ0n) is 12.4. The first-order chi connectivity index (χ1) is 10.7. The number of carbonyl (C=O) groups excluding carboxylic acids is 1. The van der Waals surface area contributed by atoms with Crippen molar-refractivity contribution in [3.63, 3.8) is 0 Å². The molecule has 0 aromatic heterocycles. The van der Waals surface area contributed by atoms with Crippen molar-refractivity contribution < 1.29 is 19.0 Å². The van der Waals surface area contributed by atoms with Gasteiger partial charge in [-0.3, -0.25) is 4.79 Å². The van der Waals surface area contributed by atoms with Gasteiger partial charge < -0.3 is 19.1 Å². The zero-order valence-corrected chi connectivity index (χ0v) is 13.1. The minimum absolute atomic E-state index is 0.0286. The molecule has 0 saturated carbocycles. The standard InChI is InChI=1S/C16H20ClNO4/c17-12-2-1-3-14(10-12)22-13-4-6-18(7-5-13)16(19)15-11-20-8-9-21-15/h1-3,10,13,15H,4-9,11H2/t15-/m1/s1. The van der Waals surface area contributed by atoms with E-state index in [1.54, 1.807) is 0 Å². The Labute approximate surface area is 135 Å². The van der Waals surface area contributed by atoms with Gasteiger partial charge in [-0.1, -0.05) is 17.7 Å². The molecule has 0 spiro atoms. The van der Waals surface area contributed by atoms with Crippen LogP contribution in [0.25, 0.3) is 0 Å². The molecule has 1 amide bonds. The van der Waals surface area contributed by atoms with Crippen molar-refractivity contribution in [2.24, 2.45) is 0 Å². The van der Waals surface area contributed by atoms with E-state index in [-0.39, 0.29) is 12.0 Å². The van der Waals surface area contributed by atoms with Crippen molar-refractivity contribution in [2.75, 3.05) is 32.9 Å². The SMILES string of the molecule is O=C([C@H]1COCCO1)N1CCC(Oc2cccc(Cl)c2)CC1. The fourth-order valence-corrected chi connectivity index (χ4v) is 2.94. The number of ether oxygens (including phenoxy) is 3. The van der Waals surface area contributed by atoms with E-state index in [1.807, 2.05) is 29.2 Å². The molecule has 0 aliphatic carbocycles. The molecule has 0 N–H and O–H groups in total. The molecular weight excluding hydrogens is 306 g/mol. The molecule has 5 nitrogen and oxygen atoms in total. The molecule has 0 bridgehead atoms. The van der Waals surface area contributed by atoms with Gasteiger partial charge in [0.25, 0.3) is 5.91 Å². The topological polar surface area (TPSA) is 48.0 Å². The summed E-state index contributed by atoms with van der Waals surface area (Å²) in [7, 11) is 0. The van der Waals surface area contributed by atoms with Gasteiger partial charge in [-0.05, 0) is 18.2 Å². The lowest BCUT2D eigenvalue weighted by Crippen LogP contribution is -2.49. The summed E-state index contributed by atoms with van der Waals surface area (Å²) in [4.78, 5) is 14.2. The van der Waals surface area contributed by atoms with Crippen LogP contribution in [0.5, 0.6) is 5.75 Å². The van der Waals surface area contributed by atoms with E-state index < -0.39 is 6.10 Å². The molecule has 120 valence electrons. The van der Waals surface area contributed by atoms with Gasteiger partial charge in [-0.15, -0.1) is 0 Å². The van der Waals surface area contributed by atoms with Crippen molar-refractivity contribution in [3.05, 3.63) is 29.3 Å². The first-order valence-corrected chi connectivity index (χ1v) is 8.00. The predicted octanol–water partition coefficient (Wildman–Crippen LogP) is 2.13. The Morgan fingerprint density at radius 2 is 2.09 bits per heavy atom. The number of hydrogen-bond acceptors (Lipinski definition) is 4. The molecule has 2 heterocycles. The average molecular weight is 326 g/mol. The van der Waals surface area contributed by atoms with Crippen molar-refractivity contribution in [3.8, 4) is 5.75 Å². The summed E-state index contributed by atoms with van der Waals surface area (Å²) in [6.07, 6.45) is 1.29. The summed E-state index contributed by atoms with van der Waals surface area (Å²) in [5, 5.41) is 0.666. The van der Waals surface area contributed by atoms with Crippen molar-refractivity contribution in [1.82, 2.24) is 4.90 Å². The van der Waals surface area contributed by atoms with Crippen LogP contribution in [0.15, 0.2) is 24.3 Å². The maximum atomic E-state index is 12.3. The fourth-order valence-electron chi connectivity index (χ4n) is 2.76. The number of halogens is 1. The normalized spacial score (nSPS) is 23.3. The first kappa shape index (κ1) is 15.6. The summed E-state index contributed by atoms with van der Waals surface area (Å²) < 4.78 is 16.7. The molecule has 3 rings (SSSR count). The number of rotatable bonds is 3.